The number of rotatable bonds is 1. The summed E-state index contributed by atoms with van der Waals surface area (Å²) in [5.41, 5.74) is 5.10. The molecule has 0 radical (unpaired) electrons. The molecule has 0 unspecified atom stereocenters. The number of primary amides is 1. The highest BCUT2D eigenvalue weighted by atomic mass is 16.5. The second kappa shape index (κ2) is 2.98. The zero-order valence-corrected chi connectivity index (χ0v) is 6.04. The summed E-state index contributed by atoms with van der Waals surface area (Å²) >= 11 is 0. The molecule has 4 nitrogen and oxygen atoms in total. The maximum absolute atomic E-state index is 10.7. The Balaban J connectivity index is 2.47. The van der Waals surface area contributed by atoms with E-state index in [-0.39, 0.29) is 11.9 Å². The van der Waals surface area contributed by atoms with Gasteiger partial charge in [0, 0.05) is 6.54 Å². The van der Waals surface area contributed by atoms with Crippen molar-refractivity contribution in [1.29, 1.82) is 0 Å². The summed E-state index contributed by atoms with van der Waals surface area (Å²) < 4.78 is 5.07. The normalized spacial score (nSPS) is 28.3. The summed E-state index contributed by atoms with van der Waals surface area (Å²) in [6.07, 6.45) is 0. The van der Waals surface area contributed by atoms with Gasteiger partial charge in [0.15, 0.2) is 0 Å². The zero-order valence-electron chi connectivity index (χ0n) is 6.04. The quantitative estimate of drug-likeness (QED) is 0.503. The van der Waals surface area contributed by atoms with E-state index in [9.17, 15) is 4.79 Å². The highest BCUT2D eigenvalue weighted by Crippen LogP contribution is 2.01. The van der Waals surface area contributed by atoms with E-state index in [1.165, 1.54) is 0 Å². The van der Waals surface area contributed by atoms with E-state index in [2.05, 4.69) is 0 Å². The van der Waals surface area contributed by atoms with Gasteiger partial charge in [0.05, 0.1) is 13.2 Å². The Morgan fingerprint density at radius 1 is 1.80 bits per heavy atom. The maximum atomic E-state index is 10.7. The van der Waals surface area contributed by atoms with Gasteiger partial charge < -0.3 is 10.5 Å². The summed E-state index contributed by atoms with van der Waals surface area (Å²) in [5.74, 6) is -0.304. The first-order valence-corrected chi connectivity index (χ1v) is 3.29. The highest BCUT2D eigenvalue weighted by Gasteiger charge is 2.23. The minimum Gasteiger partial charge on any atom is -0.378 e. The lowest BCUT2D eigenvalue weighted by atomic mass is 10.2. The number of amides is 1. The summed E-state index contributed by atoms with van der Waals surface area (Å²) in [6.45, 7) is 1.92. The van der Waals surface area contributed by atoms with Crippen molar-refractivity contribution in [1.82, 2.24) is 4.90 Å². The molecule has 0 saturated carbocycles. The zero-order chi connectivity index (χ0) is 7.56. The van der Waals surface area contributed by atoms with Crippen LogP contribution in [0.5, 0.6) is 0 Å². The molecule has 0 aromatic heterocycles. The van der Waals surface area contributed by atoms with Crippen LogP contribution < -0.4 is 5.73 Å². The molecule has 58 valence electrons. The molecule has 0 bridgehead atoms. The van der Waals surface area contributed by atoms with Crippen LogP contribution >= 0.6 is 0 Å². The third-order valence-corrected chi connectivity index (χ3v) is 1.72. The Labute approximate surface area is 59.9 Å². The number of nitrogens with two attached hydrogens (primary N) is 1. The summed E-state index contributed by atoms with van der Waals surface area (Å²) in [5, 5.41) is 0. The van der Waals surface area contributed by atoms with Gasteiger partial charge in [-0.05, 0) is 7.05 Å². The molecule has 0 spiro atoms. The van der Waals surface area contributed by atoms with Gasteiger partial charge in [0.1, 0.15) is 6.04 Å². The first-order valence-electron chi connectivity index (χ1n) is 3.29. The first-order chi connectivity index (χ1) is 4.72. The van der Waals surface area contributed by atoms with Crippen molar-refractivity contribution in [3.8, 4) is 0 Å². The van der Waals surface area contributed by atoms with Gasteiger partial charge in [0.2, 0.25) is 5.91 Å². The minimum atomic E-state index is -0.304. The molecule has 2 N–H and O–H groups in total. The highest BCUT2D eigenvalue weighted by molar-refractivity contribution is 5.80. The number of carbonyl (C=O) groups excluding carboxylic acids is 1. The lowest BCUT2D eigenvalue weighted by molar-refractivity contribution is -0.128. The molecular weight excluding hydrogens is 132 g/mol. The first kappa shape index (κ1) is 7.50. The predicted molar refractivity (Wildman–Crippen MR) is 36.4 cm³/mol. The minimum absolute atomic E-state index is 0.228. The third kappa shape index (κ3) is 1.46. The van der Waals surface area contributed by atoms with Crippen LogP contribution in [0.1, 0.15) is 0 Å². The Kier molecular flexibility index (Phi) is 2.24. The van der Waals surface area contributed by atoms with E-state index in [0.29, 0.717) is 13.2 Å². The van der Waals surface area contributed by atoms with Crippen LogP contribution in [0.4, 0.5) is 0 Å². The maximum Gasteiger partial charge on any atom is 0.237 e. The van der Waals surface area contributed by atoms with Crippen LogP contribution in [0.15, 0.2) is 0 Å². The summed E-state index contributed by atoms with van der Waals surface area (Å²) in [6, 6.07) is -0.228. The molecule has 1 amide bonds. The van der Waals surface area contributed by atoms with Crippen LogP contribution in [-0.2, 0) is 9.53 Å². The lowest BCUT2D eigenvalue weighted by Crippen LogP contribution is -2.50. The summed E-state index contributed by atoms with van der Waals surface area (Å²) in [4.78, 5) is 12.6. The van der Waals surface area contributed by atoms with Crippen molar-refractivity contribution in [3.05, 3.63) is 0 Å². The van der Waals surface area contributed by atoms with Gasteiger partial charge in [-0.25, -0.2) is 0 Å². The van der Waals surface area contributed by atoms with Gasteiger partial charge in [-0.2, -0.15) is 0 Å². The second-order valence-electron chi connectivity index (χ2n) is 2.47. The summed E-state index contributed by atoms with van der Waals surface area (Å²) in [7, 11) is 1.87. The molecule has 4 heteroatoms. The van der Waals surface area contributed by atoms with Gasteiger partial charge in [0.25, 0.3) is 0 Å². The molecular formula is C6H12N2O2. The molecule has 10 heavy (non-hydrogen) atoms. The molecule has 1 aliphatic heterocycles. The van der Waals surface area contributed by atoms with Gasteiger partial charge >= 0.3 is 0 Å². The van der Waals surface area contributed by atoms with Crippen molar-refractivity contribution < 1.29 is 9.53 Å². The average Bonchev–Trinajstić information content (AvgIpc) is 1.88. The fraction of sp³-hybridized carbons (Fsp3) is 0.833. The van der Waals surface area contributed by atoms with E-state index < -0.39 is 0 Å². The topological polar surface area (TPSA) is 55.6 Å². The van der Waals surface area contributed by atoms with Gasteiger partial charge in [-0.3, -0.25) is 9.69 Å². The number of carbonyl (C=O) groups is 1. The number of morpholine rings is 1. The molecule has 1 aliphatic rings. The third-order valence-electron chi connectivity index (χ3n) is 1.72. The fourth-order valence-electron chi connectivity index (χ4n) is 0.986. The fourth-order valence-corrected chi connectivity index (χ4v) is 0.986. The Morgan fingerprint density at radius 2 is 2.50 bits per heavy atom. The average molecular weight is 144 g/mol. The molecule has 0 aliphatic carbocycles. The SMILES string of the molecule is CN1CCOC[C@@H]1C(N)=O. The van der Waals surface area contributed by atoms with E-state index in [4.69, 9.17) is 10.5 Å². The van der Waals surface area contributed by atoms with Crippen molar-refractivity contribution in [2.45, 2.75) is 6.04 Å². The number of hydrogen-bond acceptors (Lipinski definition) is 3. The Bertz CT molecular complexity index is 138. The smallest absolute Gasteiger partial charge is 0.237 e. The standard InChI is InChI=1S/C6H12N2O2/c1-8-2-3-10-4-5(8)6(7)9/h5H,2-4H2,1H3,(H2,7,9)/t5-/m1/s1. The number of likely N-dealkylation sites (N-methyl/N-ethyl adjacent to an activating group) is 1. The molecule has 0 aromatic carbocycles. The van der Waals surface area contributed by atoms with E-state index >= 15 is 0 Å². The van der Waals surface area contributed by atoms with Crippen molar-refractivity contribution in [3.63, 3.8) is 0 Å². The van der Waals surface area contributed by atoms with E-state index in [0.717, 1.165) is 6.54 Å². The number of nitrogens with zero attached hydrogens (tertiary/aromatic N) is 1. The van der Waals surface area contributed by atoms with Crippen LogP contribution in [0, 0.1) is 0 Å². The molecule has 1 rings (SSSR count). The van der Waals surface area contributed by atoms with E-state index in [1.807, 2.05) is 11.9 Å². The van der Waals surface area contributed by atoms with Crippen LogP contribution in [0.2, 0.25) is 0 Å². The van der Waals surface area contributed by atoms with Gasteiger partial charge in [-0.1, -0.05) is 0 Å². The lowest BCUT2D eigenvalue weighted by Gasteiger charge is -2.29. The largest absolute Gasteiger partial charge is 0.378 e. The van der Waals surface area contributed by atoms with Crippen molar-refractivity contribution >= 4 is 5.91 Å². The number of ether oxygens (including phenoxy) is 1. The van der Waals surface area contributed by atoms with Crippen LogP contribution in [0.3, 0.4) is 0 Å². The van der Waals surface area contributed by atoms with E-state index in [1.54, 1.807) is 0 Å². The predicted octanol–water partition coefficient (Wildman–Crippen LogP) is -1.20. The molecule has 1 heterocycles. The van der Waals surface area contributed by atoms with Crippen molar-refractivity contribution in [2.75, 3.05) is 26.8 Å². The molecule has 1 atom stereocenters. The van der Waals surface area contributed by atoms with Crippen LogP contribution in [-0.4, -0.2) is 43.7 Å². The second-order valence-corrected chi connectivity index (χ2v) is 2.47. The van der Waals surface area contributed by atoms with Crippen molar-refractivity contribution in [2.24, 2.45) is 5.73 Å². The monoisotopic (exact) mass is 144 g/mol. The Hall–Kier alpha value is -0.610. The molecule has 1 saturated heterocycles. The Morgan fingerprint density at radius 3 is 2.90 bits per heavy atom. The molecule has 0 aromatic rings. The number of hydrogen-bond donors (Lipinski definition) is 1. The van der Waals surface area contributed by atoms with Gasteiger partial charge in [-0.15, -0.1) is 0 Å². The molecule has 1 fully saturated rings. The van der Waals surface area contributed by atoms with Crippen LogP contribution in [0.25, 0.3) is 0 Å².